The maximum atomic E-state index is 6.09. The van der Waals surface area contributed by atoms with E-state index in [1.807, 2.05) is 0 Å². The van der Waals surface area contributed by atoms with Crippen molar-refractivity contribution >= 4 is 21.7 Å². The first-order valence-corrected chi connectivity index (χ1v) is 8.62. The molecule has 112 valence electrons. The molecule has 1 aromatic carbocycles. The fourth-order valence-corrected chi connectivity index (χ4v) is 3.60. The predicted molar refractivity (Wildman–Crippen MR) is 91.0 cm³/mol. The summed E-state index contributed by atoms with van der Waals surface area (Å²) in [5.74, 6) is 1.38. The smallest absolute Gasteiger partial charge is 0.153 e. The topological polar surface area (TPSA) is 54.7 Å². The van der Waals surface area contributed by atoms with E-state index in [4.69, 9.17) is 5.73 Å². The Kier molecular flexibility index (Phi) is 4.63. The van der Waals surface area contributed by atoms with Crippen LogP contribution in [-0.2, 0) is 6.42 Å². The second-order valence-electron chi connectivity index (χ2n) is 6.03. The summed E-state index contributed by atoms with van der Waals surface area (Å²) in [6, 6.07) is 8.30. The molecule has 0 amide bonds. The summed E-state index contributed by atoms with van der Waals surface area (Å²) >= 11 is 3.48. The minimum Gasteiger partial charge on any atom is -0.382 e. The number of benzene rings is 1. The lowest BCUT2D eigenvalue weighted by atomic mass is 9.92. The zero-order chi connectivity index (χ0) is 14.7. The van der Waals surface area contributed by atoms with Crippen molar-refractivity contribution in [1.82, 2.24) is 10.2 Å². The zero-order valence-electron chi connectivity index (χ0n) is 12.2. The Hall–Kier alpha value is -1.29. The molecule has 1 saturated carbocycles. The quantitative estimate of drug-likeness (QED) is 0.773. The minimum atomic E-state index is 0.612. The average molecular weight is 348 g/mol. The number of aromatic amines is 1. The van der Waals surface area contributed by atoms with Gasteiger partial charge in [-0.3, -0.25) is 5.10 Å². The van der Waals surface area contributed by atoms with Crippen LogP contribution in [0, 0.1) is 5.92 Å². The summed E-state index contributed by atoms with van der Waals surface area (Å²) in [6.07, 6.45) is 9.24. The molecule has 1 aromatic heterocycles. The number of hydrogen-bond acceptors (Lipinski definition) is 2. The van der Waals surface area contributed by atoms with Crippen LogP contribution in [0.5, 0.6) is 0 Å². The molecule has 0 aliphatic heterocycles. The third-order valence-corrected chi connectivity index (χ3v) is 5.00. The van der Waals surface area contributed by atoms with Crippen LogP contribution in [-0.4, -0.2) is 10.2 Å². The molecule has 1 heterocycles. The maximum absolute atomic E-state index is 6.09. The molecule has 1 aliphatic carbocycles. The number of H-pyrrole nitrogens is 1. The van der Waals surface area contributed by atoms with E-state index < -0.39 is 0 Å². The van der Waals surface area contributed by atoms with Crippen LogP contribution in [0.4, 0.5) is 5.82 Å². The molecule has 21 heavy (non-hydrogen) atoms. The number of nitrogens with one attached hydrogen (secondary N) is 1. The molecule has 3 N–H and O–H groups in total. The van der Waals surface area contributed by atoms with Crippen molar-refractivity contribution in [3.8, 4) is 11.1 Å². The van der Waals surface area contributed by atoms with Crippen molar-refractivity contribution in [3.05, 3.63) is 34.4 Å². The Morgan fingerprint density at radius 2 is 1.76 bits per heavy atom. The molecule has 0 radical (unpaired) electrons. The van der Waals surface area contributed by atoms with Crippen molar-refractivity contribution in [3.63, 3.8) is 0 Å². The van der Waals surface area contributed by atoms with E-state index in [9.17, 15) is 0 Å². The molecular weight excluding hydrogens is 326 g/mol. The monoisotopic (exact) mass is 347 g/mol. The SMILES string of the molecule is Nc1n[nH]c(CC2CCCCCC2)c1-c1ccc(Br)cc1. The van der Waals surface area contributed by atoms with Crippen molar-refractivity contribution in [2.24, 2.45) is 5.92 Å². The van der Waals surface area contributed by atoms with Gasteiger partial charge in [0.25, 0.3) is 0 Å². The van der Waals surface area contributed by atoms with Gasteiger partial charge < -0.3 is 5.73 Å². The molecule has 0 atom stereocenters. The van der Waals surface area contributed by atoms with E-state index in [0.717, 1.165) is 27.9 Å². The van der Waals surface area contributed by atoms with Crippen LogP contribution in [0.3, 0.4) is 0 Å². The van der Waals surface area contributed by atoms with Gasteiger partial charge in [-0.2, -0.15) is 5.10 Å². The fourth-order valence-electron chi connectivity index (χ4n) is 3.34. The van der Waals surface area contributed by atoms with E-state index in [1.54, 1.807) is 0 Å². The number of nitrogen functional groups attached to an aromatic ring is 1. The normalized spacial score (nSPS) is 16.8. The van der Waals surface area contributed by atoms with E-state index in [1.165, 1.54) is 44.2 Å². The highest BCUT2D eigenvalue weighted by molar-refractivity contribution is 9.10. The summed E-state index contributed by atoms with van der Waals surface area (Å²) in [5.41, 5.74) is 9.53. The molecule has 3 rings (SSSR count). The minimum absolute atomic E-state index is 0.612. The van der Waals surface area contributed by atoms with Gasteiger partial charge in [0.1, 0.15) is 0 Å². The Morgan fingerprint density at radius 3 is 2.43 bits per heavy atom. The fraction of sp³-hybridized carbons (Fsp3) is 0.471. The lowest BCUT2D eigenvalue weighted by molar-refractivity contribution is 0.453. The molecule has 1 fully saturated rings. The van der Waals surface area contributed by atoms with E-state index >= 15 is 0 Å². The summed E-state index contributed by atoms with van der Waals surface area (Å²) in [5, 5.41) is 7.41. The first kappa shape index (κ1) is 14.6. The third-order valence-electron chi connectivity index (χ3n) is 4.47. The number of nitrogens with two attached hydrogens (primary N) is 1. The zero-order valence-corrected chi connectivity index (χ0v) is 13.8. The average Bonchev–Trinajstić information content (AvgIpc) is 2.69. The van der Waals surface area contributed by atoms with Gasteiger partial charge in [-0.15, -0.1) is 0 Å². The third kappa shape index (κ3) is 3.49. The number of hydrogen-bond donors (Lipinski definition) is 2. The Labute approximate surface area is 134 Å². The number of anilines is 1. The van der Waals surface area contributed by atoms with E-state index in [2.05, 4.69) is 50.4 Å². The Morgan fingerprint density at radius 1 is 1.10 bits per heavy atom. The first-order chi connectivity index (χ1) is 10.2. The number of rotatable bonds is 3. The van der Waals surface area contributed by atoms with Gasteiger partial charge >= 0.3 is 0 Å². The van der Waals surface area contributed by atoms with E-state index in [-0.39, 0.29) is 0 Å². The summed E-state index contributed by atoms with van der Waals surface area (Å²) in [6.45, 7) is 0. The van der Waals surface area contributed by atoms with Crippen LogP contribution in [0.15, 0.2) is 28.7 Å². The molecule has 2 aromatic rings. The van der Waals surface area contributed by atoms with Crippen LogP contribution in [0.25, 0.3) is 11.1 Å². The second kappa shape index (κ2) is 6.65. The van der Waals surface area contributed by atoms with Gasteiger partial charge in [-0.05, 0) is 30.0 Å². The highest BCUT2D eigenvalue weighted by atomic mass is 79.9. The Bertz CT molecular complexity index is 581. The van der Waals surface area contributed by atoms with Crippen molar-refractivity contribution in [2.75, 3.05) is 5.73 Å². The van der Waals surface area contributed by atoms with Gasteiger partial charge in [0.05, 0.1) is 0 Å². The van der Waals surface area contributed by atoms with Crippen molar-refractivity contribution in [1.29, 1.82) is 0 Å². The summed E-state index contributed by atoms with van der Waals surface area (Å²) in [7, 11) is 0. The van der Waals surface area contributed by atoms with Crippen LogP contribution in [0.2, 0.25) is 0 Å². The lowest BCUT2D eigenvalue weighted by Gasteiger charge is -2.14. The van der Waals surface area contributed by atoms with Crippen LogP contribution in [0.1, 0.15) is 44.2 Å². The van der Waals surface area contributed by atoms with Crippen LogP contribution < -0.4 is 5.73 Å². The van der Waals surface area contributed by atoms with Gasteiger partial charge in [0.15, 0.2) is 5.82 Å². The van der Waals surface area contributed by atoms with Gasteiger partial charge in [0.2, 0.25) is 0 Å². The number of nitrogens with zero attached hydrogens (tertiary/aromatic N) is 1. The van der Waals surface area contributed by atoms with Crippen molar-refractivity contribution in [2.45, 2.75) is 44.9 Å². The standard InChI is InChI=1S/C17H22BrN3/c18-14-9-7-13(8-10-14)16-15(20-21-17(16)19)11-12-5-3-1-2-4-6-12/h7-10,12H,1-6,11H2,(H3,19,20,21). The Balaban J connectivity index is 1.84. The molecule has 0 spiro atoms. The second-order valence-corrected chi connectivity index (χ2v) is 6.95. The molecule has 1 aliphatic rings. The molecular formula is C17H22BrN3. The number of halogens is 1. The first-order valence-electron chi connectivity index (χ1n) is 7.82. The highest BCUT2D eigenvalue weighted by Gasteiger charge is 2.18. The largest absolute Gasteiger partial charge is 0.382 e. The highest BCUT2D eigenvalue weighted by Crippen LogP contribution is 2.33. The predicted octanol–water partition coefficient (Wildman–Crippen LogP) is 4.93. The van der Waals surface area contributed by atoms with E-state index in [0.29, 0.717) is 5.82 Å². The van der Waals surface area contributed by atoms with Gasteiger partial charge in [0, 0.05) is 15.7 Å². The van der Waals surface area contributed by atoms with Crippen molar-refractivity contribution < 1.29 is 0 Å². The van der Waals surface area contributed by atoms with Gasteiger partial charge in [-0.25, -0.2) is 0 Å². The number of aromatic nitrogens is 2. The summed E-state index contributed by atoms with van der Waals surface area (Å²) in [4.78, 5) is 0. The lowest BCUT2D eigenvalue weighted by Crippen LogP contribution is -2.05. The van der Waals surface area contributed by atoms with Gasteiger partial charge in [-0.1, -0.05) is 66.6 Å². The molecule has 3 nitrogen and oxygen atoms in total. The molecule has 0 unspecified atom stereocenters. The molecule has 0 bridgehead atoms. The maximum Gasteiger partial charge on any atom is 0.153 e. The molecule has 4 heteroatoms. The van der Waals surface area contributed by atoms with Crippen LogP contribution >= 0.6 is 15.9 Å². The summed E-state index contributed by atoms with van der Waals surface area (Å²) < 4.78 is 1.08. The molecule has 0 saturated heterocycles.